The van der Waals surface area contributed by atoms with E-state index in [-0.39, 0.29) is 0 Å². The van der Waals surface area contributed by atoms with Crippen LogP contribution in [0.4, 0.5) is 0 Å². The van der Waals surface area contributed by atoms with Crippen LogP contribution in [0, 0.1) is 0 Å². The van der Waals surface area contributed by atoms with E-state index in [9.17, 15) is 0 Å². The number of hydrogen-bond donors (Lipinski definition) is 1. The van der Waals surface area contributed by atoms with E-state index in [2.05, 4.69) is 59.4 Å². The van der Waals surface area contributed by atoms with Crippen LogP contribution in [0.5, 0.6) is 0 Å². The molecule has 0 fully saturated rings. The second-order valence-electron chi connectivity index (χ2n) is 4.96. The Balaban J connectivity index is 1.81. The van der Waals surface area contributed by atoms with Gasteiger partial charge in [-0.2, -0.15) is 0 Å². The summed E-state index contributed by atoms with van der Waals surface area (Å²) in [5.74, 6) is 1.06. The van der Waals surface area contributed by atoms with Crippen molar-refractivity contribution in [3.63, 3.8) is 0 Å². The van der Waals surface area contributed by atoms with Crippen LogP contribution in [-0.4, -0.2) is 6.04 Å². The van der Waals surface area contributed by atoms with E-state index in [1.807, 2.05) is 12.1 Å². The minimum Gasteiger partial charge on any atom is -0.469 e. The van der Waals surface area contributed by atoms with Crippen LogP contribution in [0.3, 0.4) is 0 Å². The minimum absolute atomic E-state index is 0.361. The van der Waals surface area contributed by atoms with Crippen molar-refractivity contribution in [2.75, 3.05) is 0 Å². The number of rotatable bonds is 6. The van der Waals surface area contributed by atoms with Gasteiger partial charge in [-0.1, -0.05) is 28.1 Å². The highest BCUT2D eigenvalue weighted by Crippen LogP contribution is 2.17. The summed E-state index contributed by atoms with van der Waals surface area (Å²) in [4.78, 5) is 0. The molecule has 0 spiro atoms. The molecular weight excluding hydrogens is 302 g/mol. The van der Waals surface area contributed by atoms with Crippen molar-refractivity contribution >= 4 is 15.9 Å². The molecule has 1 heterocycles. The van der Waals surface area contributed by atoms with E-state index in [1.54, 1.807) is 6.26 Å². The summed E-state index contributed by atoms with van der Waals surface area (Å²) in [5, 5.41) is 3.62. The molecule has 1 aromatic carbocycles. The molecule has 2 atom stereocenters. The lowest BCUT2D eigenvalue weighted by atomic mass is 10.1. The first-order chi connectivity index (χ1) is 9.15. The molecule has 3 heteroatoms. The summed E-state index contributed by atoms with van der Waals surface area (Å²) in [6.45, 7) is 4.42. The van der Waals surface area contributed by atoms with Gasteiger partial charge in [-0.25, -0.2) is 0 Å². The summed E-state index contributed by atoms with van der Waals surface area (Å²) in [7, 11) is 0. The number of hydrogen-bond acceptors (Lipinski definition) is 2. The third-order valence-corrected chi connectivity index (χ3v) is 3.84. The predicted molar refractivity (Wildman–Crippen MR) is 82.2 cm³/mol. The Kier molecular flexibility index (Phi) is 5.23. The molecule has 0 aliphatic heterocycles. The molecule has 0 bridgehead atoms. The van der Waals surface area contributed by atoms with Gasteiger partial charge in [-0.15, -0.1) is 0 Å². The molecule has 2 rings (SSSR count). The van der Waals surface area contributed by atoms with Gasteiger partial charge in [-0.3, -0.25) is 0 Å². The predicted octanol–water partition coefficient (Wildman–Crippen LogP) is 4.71. The van der Waals surface area contributed by atoms with Crippen molar-refractivity contribution in [3.8, 4) is 0 Å². The SMILES string of the molecule is CC(CCc1ccco1)N[C@H](C)c1ccc(Br)cc1. The summed E-state index contributed by atoms with van der Waals surface area (Å²) in [6, 6.07) is 13.3. The lowest BCUT2D eigenvalue weighted by Crippen LogP contribution is -2.29. The molecule has 1 N–H and O–H groups in total. The summed E-state index contributed by atoms with van der Waals surface area (Å²) in [5.41, 5.74) is 1.31. The molecule has 0 saturated heterocycles. The van der Waals surface area contributed by atoms with Crippen LogP contribution in [0.25, 0.3) is 0 Å². The van der Waals surface area contributed by atoms with Crippen LogP contribution in [0.2, 0.25) is 0 Å². The Bertz CT molecular complexity index is 478. The van der Waals surface area contributed by atoms with Gasteiger partial charge in [0, 0.05) is 23.0 Å². The monoisotopic (exact) mass is 321 g/mol. The zero-order valence-electron chi connectivity index (χ0n) is 11.4. The highest BCUT2D eigenvalue weighted by Gasteiger charge is 2.10. The van der Waals surface area contributed by atoms with Crippen molar-refractivity contribution in [1.29, 1.82) is 0 Å². The Morgan fingerprint density at radius 3 is 2.53 bits per heavy atom. The Hall–Kier alpha value is -1.06. The molecule has 0 radical (unpaired) electrons. The lowest BCUT2D eigenvalue weighted by Gasteiger charge is -2.20. The molecule has 19 heavy (non-hydrogen) atoms. The Morgan fingerprint density at radius 1 is 1.16 bits per heavy atom. The highest BCUT2D eigenvalue weighted by molar-refractivity contribution is 9.10. The molecular formula is C16H20BrNO. The van der Waals surface area contributed by atoms with Gasteiger partial charge in [0.25, 0.3) is 0 Å². The number of furan rings is 1. The van der Waals surface area contributed by atoms with Crippen LogP contribution < -0.4 is 5.32 Å². The molecule has 0 saturated carbocycles. The van der Waals surface area contributed by atoms with Gasteiger partial charge < -0.3 is 9.73 Å². The van der Waals surface area contributed by atoms with E-state index < -0.39 is 0 Å². The van der Waals surface area contributed by atoms with Crippen molar-refractivity contribution in [1.82, 2.24) is 5.32 Å². The second-order valence-corrected chi connectivity index (χ2v) is 5.87. The van der Waals surface area contributed by atoms with Gasteiger partial charge in [0.15, 0.2) is 0 Å². The molecule has 2 aromatic rings. The standard InChI is InChI=1S/C16H20BrNO/c1-12(5-10-16-4-3-11-19-16)18-13(2)14-6-8-15(17)9-7-14/h3-4,6-9,11-13,18H,5,10H2,1-2H3/t12?,13-/m1/s1. The van der Waals surface area contributed by atoms with E-state index >= 15 is 0 Å². The van der Waals surface area contributed by atoms with Gasteiger partial charge in [0.2, 0.25) is 0 Å². The first-order valence-corrected chi connectivity index (χ1v) is 7.48. The quantitative estimate of drug-likeness (QED) is 0.833. The fraction of sp³-hybridized carbons (Fsp3) is 0.375. The van der Waals surface area contributed by atoms with Gasteiger partial charge in [-0.05, 0) is 50.1 Å². The fourth-order valence-corrected chi connectivity index (χ4v) is 2.44. The second kappa shape index (κ2) is 6.92. The molecule has 1 aromatic heterocycles. The number of nitrogens with one attached hydrogen (secondary N) is 1. The van der Waals surface area contributed by atoms with E-state index in [1.165, 1.54) is 5.56 Å². The topological polar surface area (TPSA) is 25.2 Å². The number of halogens is 1. The molecule has 0 amide bonds. The largest absolute Gasteiger partial charge is 0.469 e. The number of aryl methyl sites for hydroxylation is 1. The van der Waals surface area contributed by atoms with Crippen molar-refractivity contribution in [3.05, 3.63) is 58.5 Å². The fourth-order valence-electron chi connectivity index (χ4n) is 2.17. The third kappa shape index (κ3) is 4.51. The van der Waals surface area contributed by atoms with Gasteiger partial charge in [0.05, 0.1) is 6.26 Å². The Morgan fingerprint density at radius 2 is 1.89 bits per heavy atom. The van der Waals surface area contributed by atoms with E-state index in [0.29, 0.717) is 12.1 Å². The maximum absolute atomic E-state index is 5.35. The van der Waals surface area contributed by atoms with Crippen LogP contribution in [0.1, 0.15) is 37.6 Å². The maximum atomic E-state index is 5.35. The maximum Gasteiger partial charge on any atom is 0.103 e. The zero-order chi connectivity index (χ0) is 13.7. The normalized spacial score (nSPS) is 14.3. The average Bonchev–Trinajstić information content (AvgIpc) is 2.90. The molecule has 2 nitrogen and oxygen atoms in total. The Labute approximate surface area is 123 Å². The summed E-state index contributed by atoms with van der Waals surface area (Å²) < 4.78 is 6.47. The van der Waals surface area contributed by atoms with E-state index in [4.69, 9.17) is 4.42 Å². The van der Waals surface area contributed by atoms with Crippen LogP contribution in [0.15, 0.2) is 51.6 Å². The average molecular weight is 322 g/mol. The minimum atomic E-state index is 0.361. The third-order valence-electron chi connectivity index (χ3n) is 3.31. The first-order valence-electron chi connectivity index (χ1n) is 6.69. The summed E-state index contributed by atoms with van der Waals surface area (Å²) in [6.07, 6.45) is 3.79. The van der Waals surface area contributed by atoms with Crippen molar-refractivity contribution in [2.45, 2.75) is 38.8 Å². The van der Waals surface area contributed by atoms with Gasteiger partial charge in [0.1, 0.15) is 5.76 Å². The summed E-state index contributed by atoms with van der Waals surface area (Å²) >= 11 is 3.46. The van der Waals surface area contributed by atoms with Crippen molar-refractivity contribution in [2.24, 2.45) is 0 Å². The smallest absolute Gasteiger partial charge is 0.103 e. The molecule has 1 unspecified atom stereocenters. The van der Waals surface area contributed by atoms with E-state index in [0.717, 1.165) is 23.1 Å². The van der Waals surface area contributed by atoms with Crippen LogP contribution >= 0.6 is 15.9 Å². The molecule has 102 valence electrons. The highest BCUT2D eigenvalue weighted by atomic mass is 79.9. The van der Waals surface area contributed by atoms with Crippen LogP contribution in [-0.2, 0) is 6.42 Å². The first kappa shape index (κ1) is 14.4. The molecule has 0 aliphatic rings. The zero-order valence-corrected chi connectivity index (χ0v) is 13.0. The van der Waals surface area contributed by atoms with Gasteiger partial charge >= 0.3 is 0 Å². The van der Waals surface area contributed by atoms with Crippen molar-refractivity contribution < 1.29 is 4.42 Å². The number of benzene rings is 1. The lowest BCUT2D eigenvalue weighted by molar-refractivity contribution is 0.430. The molecule has 0 aliphatic carbocycles.